The van der Waals surface area contributed by atoms with Gasteiger partial charge < -0.3 is 20.4 Å². The van der Waals surface area contributed by atoms with Crippen molar-refractivity contribution in [2.45, 2.75) is 18.9 Å². The van der Waals surface area contributed by atoms with Gasteiger partial charge in [0.1, 0.15) is 17.7 Å². The molecule has 8 heteroatoms. The van der Waals surface area contributed by atoms with E-state index in [0.717, 1.165) is 12.5 Å². The van der Waals surface area contributed by atoms with Crippen LogP contribution in [0.1, 0.15) is 35.1 Å². The van der Waals surface area contributed by atoms with Gasteiger partial charge in [-0.2, -0.15) is 0 Å². The predicted octanol–water partition coefficient (Wildman–Crippen LogP) is 1.76. The van der Waals surface area contributed by atoms with Gasteiger partial charge in [0.15, 0.2) is 0 Å². The first-order valence-corrected chi connectivity index (χ1v) is 7.96. The van der Waals surface area contributed by atoms with Gasteiger partial charge in [-0.15, -0.1) is 0 Å². The number of nitrogens with one attached hydrogen (secondary N) is 1. The monoisotopic (exact) mass is 346 g/mol. The van der Waals surface area contributed by atoms with Gasteiger partial charge in [-0.1, -0.05) is 0 Å². The fourth-order valence-corrected chi connectivity index (χ4v) is 2.98. The molecule has 2 aromatic rings. The number of aryl methyl sites for hydroxylation is 1. The van der Waals surface area contributed by atoms with Gasteiger partial charge >= 0.3 is 0 Å². The van der Waals surface area contributed by atoms with E-state index in [1.165, 1.54) is 12.1 Å². The van der Waals surface area contributed by atoms with E-state index in [2.05, 4.69) is 10.3 Å². The highest BCUT2D eigenvalue weighted by Gasteiger charge is 2.35. The Morgan fingerprint density at radius 1 is 1.44 bits per heavy atom. The number of aromatic nitrogens is 2. The lowest BCUT2D eigenvalue weighted by Crippen LogP contribution is -2.34. The minimum Gasteiger partial charge on any atom is -0.369 e. The van der Waals surface area contributed by atoms with E-state index >= 15 is 0 Å². The maximum Gasteiger partial charge on any atom is 0.251 e. The van der Waals surface area contributed by atoms with Crippen LogP contribution in [0.2, 0.25) is 0 Å². The zero-order valence-corrected chi connectivity index (χ0v) is 13.7. The molecule has 0 radical (unpaired) electrons. The average molecular weight is 346 g/mol. The SMILES string of the molecule is Cn1ccnc1[C@@H]1OCCC[C@H]1C(=O)Nc1ccc(F)c(C(N)=O)c1. The molecule has 2 heterocycles. The van der Waals surface area contributed by atoms with E-state index in [1.54, 1.807) is 12.4 Å². The van der Waals surface area contributed by atoms with E-state index in [4.69, 9.17) is 10.5 Å². The van der Waals surface area contributed by atoms with Crippen molar-refractivity contribution in [3.63, 3.8) is 0 Å². The summed E-state index contributed by atoms with van der Waals surface area (Å²) in [5, 5.41) is 2.72. The Hall–Kier alpha value is -2.74. The molecule has 0 bridgehead atoms. The summed E-state index contributed by atoms with van der Waals surface area (Å²) in [4.78, 5) is 28.2. The van der Waals surface area contributed by atoms with Gasteiger partial charge in [0, 0.05) is 31.7 Å². The summed E-state index contributed by atoms with van der Waals surface area (Å²) in [5.41, 5.74) is 5.18. The van der Waals surface area contributed by atoms with Gasteiger partial charge in [-0.25, -0.2) is 9.37 Å². The summed E-state index contributed by atoms with van der Waals surface area (Å²) < 4.78 is 21.2. The lowest BCUT2D eigenvalue weighted by molar-refractivity contribution is -0.130. The van der Waals surface area contributed by atoms with Crippen molar-refractivity contribution in [1.82, 2.24) is 9.55 Å². The predicted molar refractivity (Wildman–Crippen MR) is 88.2 cm³/mol. The quantitative estimate of drug-likeness (QED) is 0.881. The van der Waals surface area contributed by atoms with Crippen LogP contribution < -0.4 is 11.1 Å². The molecule has 132 valence electrons. The normalized spacial score (nSPS) is 20.2. The van der Waals surface area contributed by atoms with Crippen LogP contribution in [0.25, 0.3) is 0 Å². The van der Waals surface area contributed by atoms with Crippen LogP contribution in [-0.4, -0.2) is 28.0 Å². The van der Waals surface area contributed by atoms with Gasteiger partial charge in [-0.3, -0.25) is 9.59 Å². The second kappa shape index (κ2) is 7.02. The number of anilines is 1. The van der Waals surface area contributed by atoms with E-state index in [1.807, 2.05) is 11.6 Å². The number of hydrogen-bond acceptors (Lipinski definition) is 4. The Morgan fingerprint density at radius 3 is 2.92 bits per heavy atom. The molecule has 0 saturated carbocycles. The first-order chi connectivity index (χ1) is 12.0. The fraction of sp³-hybridized carbons (Fsp3) is 0.353. The van der Waals surface area contributed by atoms with Crippen molar-refractivity contribution < 1.29 is 18.7 Å². The molecule has 0 spiro atoms. The second-order valence-electron chi connectivity index (χ2n) is 5.98. The van der Waals surface area contributed by atoms with Crippen molar-refractivity contribution in [3.8, 4) is 0 Å². The molecule has 0 unspecified atom stereocenters. The number of carbonyl (C=O) groups excluding carboxylic acids is 2. The molecule has 1 aliphatic rings. The number of imidazole rings is 1. The molecule has 1 aliphatic heterocycles. The number of nitrogens with zero attached hydrogens (tertiary/aromatic N) is 2. The third-order valence-electron chi connectivity index (χ3n) is 4.27. The highest BCUT2D eigenvalue weighted by atomic mass is 19.1. The number of hydrogen-bond donors (Lipinski definition) is 2. The first-order valence-electron chi connectivity index (χ1n) is 7.96. The topological polar surface area (TPSA) is 99.2 Å². The summed E-state index contributed by atoms with van der Waals surface area (Å²) in [6.07, 6.45) is 4.40. The number of halogens is 1. The summed E-state index contributed by atoms with van der Waals surface area (Å²) in [6, 6.07) is 3.72. The third kappa shape index (κ3) is 3.53. The number of benzene rings is 1. The average Bonchev–Trinajstić information content (AvgIpc) is 3.02. The largest absolute Gasteiger partial charge is 0.369 e. The molecule has 25 heavy (non-hydrogen) atoms. The first kappa shape index (κ1) is 17.1. The standard InChI is InChI=1S/C17H19FN4O3/c1-22-7-6-20-16(22)14-11(3-2-8-25-14)17(24)21-10-4-5-13(18)12(9-10)15(19)23/h4-7,9,11,14H,2-3,8H2,1H3,(H2,19,23)(H,21,24)/t11-,14-/m1/s1. The second-order valence-corrected chi connectivity index (χ2v) is 5.98. The highest BCUT2D eigenvalue weighted by molar-refractivity contribution is 5.97. The molecule has 1 aromatic heterocycles. The Bertz CT molecular complexity index is 805. The molecule has 7 nitrogen and oxygen atoms in total. The number of nitrogens with two attached hydrogens (primary N) is 1. The molecule has 3 rings (SSSR count). The van der Waals surface area contributed by atoms with E-state index < -0.39 is 23.7 Å². The summed E-state index contributed by atoms with van der Waals surface area (Å²) in [5.74, 6) is -1.64. The molecule has 3 N–H and O–H groups in total. The van der Waals surface area contributed by atoms with Crippen molar-refractivity contribution >= 4 is 17.5 Å². The van der Waals surface area contributed by atoms with Crippen LogP contribution in [0.15, 0.2) is 30.6 Å². The van der Waals surface area contributed by atoms with Gasteiger partial charge in [0.2, 0.25) is 5.91 Å². The molecule has 1 saturated heterocycles. The van der Waals surface area contributed by atoms with Crippen LogP contribution in [0.5, 0.6) is 0 Å². The van der Waals surface area contributed by atoms with E-state index in [9.17, 15) is 14.0 Å². The van der Waals surface area contributed by atoms with Gasteiger partial charge in [0.05, 0.1) is 11.5 Å². The molecule has 2 amide bonds. The third-order valence-corrected chi connectivity index (χ3v) is 4.27. The number of ether oxygens (including phenoxy) is 1. The lowest BCUT2D eigenvalue weighted by Gasteiger charge is -2.30. The highest BCUT2D eigenvalue weighted by Crippen LogP contribution is 2.33. The van der Waals surface area contributed by atoms with Crippen LogP contribution in [0, 0.1) is 11.7 Å². The molecule has 1 fully saturated rings. The van der Waals surface area contributed by atoms with Crippen LogP contribution in [-0.2, 0) is 16.6 Å². The molecule has 0 aliphatic carbocycles. The lowest BCUT2D eigenvalue weighted by atomic mass is 9.92. The summed E-state index contributed by atoms with van der Waals surface area (Å²) >= 11 is 0. The summed E-state index contributed by atoms with van der Waals surface area (Å²) in [6.45, 7) is 0.559. The number of amides is 2. The van der Waals surface area contributed by atoms with Crippen LogP contribution in [0.3, 0.4) is 0 Å². The Morgan fingerprint density at radius 2 is 2.24 bits per heavy atom. The van der Waals surface area contributed by atoms with Crippen molar-refractivity contribution in [2.75, 3.05) is 11.9 Å². The Balaban J connectivity index is 1.81. The molecular weight excluding hydrogens is 327 g/mol. The van der Waals surface area contributed by atoms with Gasteiger partial charge in [-0.05, 0) is 31.0 Å². The molecule has 2 atom stereocenters. The van der Waals surface area contributed by atoms with Crippen LogP contribution in [0.4, 0.5) is 10.1 Å². The van der Waals surface area contributed by atoms with Gasteiger partial charge in [0.25, 0.3) is 5.91 Å². The minimum absolute atomic E-state index is 0.265. The zero-order valence-electron chi connectivity index (χ0n) is 13.7. The number of primary amides is 1. The molecular formula is C17H19FN4O3. The van der Waals surface area contributed by atoms with Crippen molar-refractivity contribution in [2.24, 2.45) is 18.7 Å². The maximum atomic E-state index is 13.6. The van der Waals surface area contributed by atoms with E-state index in [-0.39, 0.29) is 11.5 Å². The van der Waals surface area contributed by atoms with Crippen molar-refractivity contribution in [3.05, 3.63) is 47.8 Å². The smallest absolute Gasteiger partial charge is 0.251 e. The van der Waals surface area contributed by atoms with Crippen molar-refractivity contribution in [1.29, 1.82) is 0 Å². The van der Waals surface area contributed by atoms with Crippen LogP contribution >= 0.6 is 0 Å². The molecule has 1 aromatic carbocycles. The summed E-state index contributed by atoms with van der Waals surface area (Å²) in [7, 11) is 1.84. The number of carbonyl (C=O) groups is 2. The minimum atomic E-state index is -0.888. The Kier molecular flexibility index (Phi) is 4.80. The number of rotatable bonds is 4. The Labute approximate surface area is 144 Å². The maximum absolute atomic E-state index is 13.6. The fourth-order valence-electron chi connectivity index (χ4n) is 2.98. The zero-order chi connectivity index (χ0) is 18.0. The van der Waals surface area contributed by atoms with E-state index in [0.29, 0.717) is 24.5 Å².